The van der Waals surface area contributed by atoms with Crippen LogP contribution >= 0.6 is 0 Å². The van der Waals surface area contributed by atoms with Gasteiger partial charge in [0.1, 0.15) is 0 Å². The SMILES string of the molecule is Cc1ccc(C(=O)N2CCN([C@H]3CCS(=O)(=O)C3)CC2)cc1S(=O)(=O)N1CCOCC1. The zero-order valence-electron chi connectivity index (χ0n) is 17.7. The van der Waals surface area contributed by atoms with E-state index in [0.717, 1.165) is 0 Å². The fourth-order valence-electron chi connectivity index (χ4n) is 4.47. The highest BCUT2D eigenvalue weighted by atomic mass is 32.2. The topological polar surface area (TPSA) is 104 Å². The van der Waals surface area contributed by atoms with E-state index in [9.17, 15) is 21.6 Å². The lowest BCUT2D eigenvalue weighted by atomic mass is 10.1. The second-order valence-corrected chi connectivity index (χ2v) is 12.5. The van der Waals surface area contributed by atoms with Crippen molar-refractivity contribution in [1.82, 2.24) is 14.1 Å². The number of rotatable bonds is 4. The summed E-state index contributed by atoms with van der Waals surface area (Å²) in [5.41, 5.74) is 0.963. The summed E-state index contributed by atoms with van der Waals surface area (Å²) in [6.45, 7) is 5.30. The standard InChI is InChI=1S/C20H29N3O6S2/c1-16-2-3-17(14-19(16)31(27,28)23-9-11-29-12-10-23)20(24)22-7-5-21(6-8-22)18-4-13-30(25,26)15-18/h2-3,14,18H,4-13,15H2,1H3/t18-/m0/s1. The molecule has 11 heteroatoms. The van der Waals surface area contributed by atoms with Crippen molar-refractivity contribution in [2.24, 2.45) is 0 Å². The van der Waals surface area contributed by atoms with Crippen molar-refractivity contribution in [2.75, 3.05) is 64.0 Å². The van der Waals surface area contributed by atoms with Crippen LogP contribution in [0.1, 0.15) is 22.3 Å². The highest BCUT2D eigenvalue weighted by molar-refractivity contribution is 7.91. The van der Waals surface area contributed by atoms with Crippen LogP contribution < -0.4 is 0 Å². The van der Waals surface area contributed by atoms with Gasteiger partial charge < -0.3 is 9.64 Å². The van der Waals surface area contributed by atoms with E-state index in [-0.39, 0.29) is 28.4 Å². The average molecular weight is 472 g/mol. The molecule has 1 aromatic rings. The summed E-state index contributed by atoms with van der Waals surface area (Å²) in [6.07, 6.45) is 0.650. The van der Waals surface area contributed by atoms with Gasteiger partial charge in [-0.25, -0.2) is 16.8 Å². The minimum Gasteiger partial charge on any atom is -0.379 e. The van der Waals surface area contributed by atoms with E-state index < -0.39 is 19.9 Å². The molecule has 0 aliphatic carbocycles. The van der Waals surface area contributed by atoms with Crippen LogP contribution in [0.3, 0.4) is 0 Å². The Bertz CT molecular complexity index is 1040. The molecule has 0 radical (unpaired) electrons. The van der Waals surface area contributed by atoms with Gasteiger partial charge in [-0.2, -0.15) is 4.31 Å². The van der Waals surface area contributed by atoms with Gasteiger partial charge in [0.15, 0.2) is 9.84 Å². The number of carbonyl (C=O) groups is 1. The van der Waals surface area contributed by atoms with E-state index in [0.29, 0.717) is 70.0 Å². The Kier molecular flexibility index (Phi) is 6.42. The van der Waals surface area contributed by atoms with Crippen LogP contribution in [-0.4, -0.2) is 107 Å². The van der Waals surface area contributed by atoms with E-state index in [1.807, 2.05) is 0 Å². The Morgan fingerprint density at radius 1 is 1.06 bits per heavy atom. The Morgan fingerprint density at radius 2 is 1.74 bits per heavy atom. The summed E-state index contributed by atoms with van der Waals surface area (Å²) in [6, 6.07) is 4.87. The lowest BCUT2D eigenvalue weighted by Gasteiger charge is -2.37. The summed E-state index contributed by atoms with van der Waals surface area (Å²) < 4.78 is 56.3. The Morgan fingerprint density at radius 3 is 2.35 bits per heavy atom. The predicted molar refractivity (Wildman–Crippen MR) is 115 cm³/mol. The minimum absolute atomic E-state index is 0.0342. The van der Waals surface area contributed by atoms with Gasteiger partial charge in [0.2, 0.25) is 10.0 Å². The van der Waals surface area contributed by atoms with Crippen LogP contribution in [-0.2, 0) is 24.6 Å². The fraction of sp³-hybridized carbons (Fsp3) is 0.650. The number of aryl methyl sites for hydroxylation is 1. The van der Waals surface area contributed by atoms with Crippen molar-refractivity contribution in [3.63, 3.8) is 0 Å². The van der Waals surface area contributed by atoms with E-state index in [1.165, 1.54) is 10.4 Å². The number of benzene rings is 1. The second kappa shape index (κ2) is 8.78. The molecular formula is C20H29N3O6S2. The van der Waals surface area contributed by atoms with Crippen LogP contribution in [0.2, 0.25) is 0 Å². The summed E-state index contributed by atoms with van der Waals surface area (Å²) >= 11 is 0. The summed E-state index contributed by atoms with van der Waals surface area (Å²) in [5.74, 6) is 0.236. The van der Waals surface area contributed by atoms with Crippen LogP contribution in [0.4, 0.5) is 0 Å². The molecule has 3 fully saturated rings. The summed E-state index contributed by atoms with van der Waals surface area (Å²) in [7, 11) is -6.63. The first-order valence-corrected chi connectivity index (χ1v) is 13.9. The number of carbonyl (C=O) groups excluding carboxylic acids is 1. The van der Waals surface area contributed by atoms with Gasteiger partial charge in [-0.3, -0.25) is 9.69 Å². The first-order chi connectivity index (χ1) is 14.7. The predicted octanol–water partition coefficient (Wildman–Crippen LogP) is -0.0392. The van der Waals surface area contributed by atoms with Crippen LogP contribution in [0.15, 0.2) is 23.1 Å². The molecule has 3 saturated heterocycles. The third-order valence-corrected chi connectivity index (χ3v) is 10.1. The molecule has 0 saturated carbocycles. The van der Waals surface area contributed by atoms with Crippen LogP contribution in [0.5, 0.6) is 0 Å². The molecule has 1 aromatic carbocycles. The van der Waals surface area contributed by atoms with Gasteiger partial charge in [-0.15, -0.1) is 0 Å². The van der Waals surface area contributed by atoms with Crippen LogP contribution in [0, 0.1) is 6.92 Å². The molecule has 1 atom stereocenters. The molecule has 3 aliphatic heterocycles. The molecule has 4 rings (SSSR count). The van der Waals surface area contributed by atoms with Gasteiger partial charge in [0.05, 0.1) is 29.6 Å². The number of nitrogens with zero attached hydrogens (tertiary/aromatic N) is 3. The van der Waals surface area contributed by atoms with Crippen molar-refractivity contribution in [1.29, 1.82) is 0 Å². The molecule has 3 heterocycles. The van der Waals surface area contributed by atoms with Gasteiger partial charge in [0, 0.05) is 50.9 Å². The van der Waals surface area contributed by atoms with E-state index in [2.05, 4.69) is 4.90 Å². The number of sulfonamides is 1. The summed E-state index contributed by atoms with van der Waals surface area (Å²) in [5, 5.41) is 0. The third-order valence-electron chi connectivity index (χ3n) is 6.35. The van der Waals surface area contributed by atoms with E-state index in [1.54, 1.807) is 24.0 Å². The fourth-order valence-corrected chi connectivity index (χ4v) is 7.89. The van der Waals surface area contributed by atoms with E-state index in [4.69, 9.17) is 4.74 Å². The molecule has 31 heavy (non-hydrogen) atoms. The Balaban J connectivity index is 1.45. The zero-order valence-corrected chi connectivity index (χ0v) is 19.3. The molecule has 3 aliphatic rings. The molecule has 9 nitrogen and oxygen atoms in total. The Labute approximate surface area is 183 Å². The largest absolute Gasteiger partial charge is 0.379 e. The third kappa shape index (κ3) is 4.80. The number of piperazine rings is 1. The second-order valence-electron chi connectivity index (χ2n) is 8.38. The maximum Gasteiger partial charge on any atom is 0.253 e. The monoisotopic (exact) mass is 471 g/mol. The molecule has 0 bridgehead atoms. The molecular weight excluding hydrogens is 442 g/mol. The van der Waals surface area contributed by atoms with Crippen molar-refractivity contribution >= 4 is 25.8 Å². The number of sulfone groups is 1. The number of ether oxygens (including phenoxy) is 1. The number of amides is 1. The van der Waals surface area contributed by atoms with Gasteiger partial charge in [-0.05, 0) is 31.0 Å². The average Bonchev–Trinajstić information content (AvgIpc) is 3.14. The van der Waals surface area contributed by atoms with Gasteiger partial charge >= 0.3 is 0 Å². The number of hydrogen-bond donors (Lipinski definition) is 0. The number of morpholine rings is 1. The maximum atomic E-state index is 13.1. The van der Waals surface area contributed by atoms with E-state index >= 15 is 0 Å². The lowest BCUT2D eigenvalue weighted by Crippen LogP contribution is -2.52. The van der Waals surface area contributed by atoms with Gasteiger partial charge in [0.25, 0.3) is 5.91 Å². The first kappa shape index (κ1) is 22.7. The lowest BCUT2D eigenvalue weighted by molar-refractivity contribution is 0.0587. The van der Waals surface area contributed by atoms with Crippen molar-refractivity contribution in [3.05, 3.63) is 29.3 Å². The molecule has 0 unspecified atom stereocenters. The zero-order chi connectivity index (χ0) is 22.2. The minimum atomic E-state index is -3.69. The van der Waals surface area contributed by atoms with Gasteiger partial charge in [-0.1, -0.05) is 6.07 Å². The highest BCUT2D eigenvalue weighted by Crippen LogP contribution is 2.24. The van der Waals surface area contributed by atoms with Crippen molar-refractivity contribution in [3.8, 4) is 0 Å². The molecule has 0 N–H and O–H groups in total. The molecule has 172 valence electrons. The molecule has 0 aromatic heterocycles. The Hall–Kier alpha value is -1.53. The normalized spacial score (nSPS) is 25.6. The molecule has 1 amide bonds. The van der Waals surface area contributed by atoms with Crippen molar-refractivity contribution < 1.29 is 26.4 Å². The first-order valence-electron chi connectivity index (χ1n) is 10.6. The quantitative estimate of drug-likeness (QED) is 0.607. The van der Waals surface area contributed by atoms with Crippen molar-refractivity contribution in [2.45, 2.75) is 24.3 Å². The molecule has 0 spiro atoms. The number of hydrogen-bond acceptors (Lipinski definition) is 7. The summed E-state index contributed by atoms with van der Waals surface area (Å²) in [4.78, 5) is 17.1. The smallest absolute Gasteiger partial charge is 0.253 e. The van der Waals surface area contributed by atoms with Crippen LogP contribution in [0.25, 0.3) is 0 Å². The maximum absolute atomic E-state index is 13.1. The highest BCUT2D eigenvalue weighted by Gasteiger charge is 2.35.